The topological polar surface area (TPSA) is 67.2 Å². The number of amides is 1. The maximum atomic E-state index is 12.2. The van der Waals surface area contributed by atoms with Crippen LogP contribution in [0.2, 0.25) is 5.02 Å². The minimum absolute atomic E-state index is 0.210. The molecular weight excluding hydrogens is 406 g/mol. The highest BCUT2D eigenvalue weighted by Gasteiger charge is 2.09. The molecule has 1 aromatic heterocycles. The average Bonchev–Trinajstić information content (AvgIpc) is 3.11. The first kappa shape index (κ1) is 19.1. The zero-order valence-corrected chi connectivity index (χ0v) is 16.8. The number of benzene rings is 3. The Labute approximate surface area is 177 Å². The molecule has 0 spiro atoms. The van der Waals surface area contributed by atoms with Gasteiger partial charge < -0.3 is 9.73 Å². The van der Waals surface area contributed by atoms with Gasteiger partial charge in [0, 0.05) is 22.7 Å². The van der Waals surface area contributed by atoms with Crippen LogP contribution in [0.3, 0.4) is 0 Å². The number of oxazole rings is 1. The minimum atomic E-state index is -0.322. The third-order valence-electron chi connectivity index (χ3n) is 4.22. The highest BCUT2D eigenvalue weighted by atomic mass is 35.5. The molecule has 4 aromatic rings. The summed E-state index contributed by atoms with van der Waals surface area (Å²) in [5.41, 5.74) is 3.89. The van der Waals surface area contributed by atoms with Gasteiger partial charge in [0.1, 0.15) is 5.52 Å². The van der Waals surface area contributed by atoms with Crippen LogP contribution in [0.4, 0.5) is 5.69 Å². The number of hydrogen-bond acceptors (Lipinski definition) is 4. The molecule has 2 N–H and O–H groups in total. The lowest BCUT2D eigenvalue weighted by Crippen LogP contribution is -2.34. The second-order valence-electron chi connectivity index (χ2n) is 6.37. The maximum Gasteiger partial charge on any atom is 0.257 e. The number of nitrogens with zero attached hydrogens (tertiary/aromatic N) is 1. The zero-order chi connectivity index (χ0) is 20.2. The zero-order valence-electron chi connectivity index (χ0n) is 15.2. The Balaban J connectivity index is 1.36. The lowest BCUT2D eigenvalue weighted by atomic mass is 10.1. The summed E-state index contributed by atoms with van der Waals surface area (Å²) >= 11 is 11.1. The molecule has 0 saturated heterocycles. The third kappa shape index (κ3) is 4.80. The van der Waals surface area contributed by atoms with Gasteiger partial charge in [-0.05, 0) is 60.2 Å². The molecular formula is C22H16ClN3O2S. The molecule has 0 radical (unpaired) electrons. The van der Waals surface area contributed by atoms with Crippen molar-refractivity contribution in [2.24, 2.45) is 0 Å². The summed E-state index contributed by atoms with van der Waals surface area (Å²) < 4.78 is 5.76. The lowest BCUT2D eigenvalue weighted by Gasteiger charge is -2.10. The summed E-state index contributed by atoms with van der Waals surface area (Å²) in [7, 11) is 0. The first-order valence-electron chi connectivity index (χ1n) is 8.88. The molecule has 0 atom stereocenters. The van der Waals surface area contributed by atoms with Gasteiger partial charge >= 0.3 is 0 Å². The van der Waals surface area contributed by atoms with Gasteiger partial charge in [-0.15, -0.1) is 0 Å². The number of nitrogens with one attached hydrogen (secondary N) is 2. The van der Waals surface area contributed by atoms with E-state index in [1.165, 1.54) is 0 Å². The Morgan fingerprint density at radius 1 is 1.03 bits per heavy atom. The van der Waals surface area contributed by atoms with Gasteiger partial charge in [-0.1, -0.05) is 41.9 Å². The molecule has 7 heteroatoms. The quantitative estimate of drug-likeness (QED) is 0.443. The van der Waals surface area contributed by atoms with Gasteiger partial charge in [0.15, 0.2) is 16.6 Å². The van der Waals surface area contributed by atoms with E-state index in [1.54, 1.807) is 24.3 Å². The normalized spacial score (nSPS) is 10.7. The summed E-state index contributed by atoms with van der Waals surface area (Å²) in [4.78, 5) is 16.7. The van der Waals surface area contributed by atoms with Crippen molar-refractivity contribution in [3.8, 4) is 0 Å². The second-order valence-corrected chi connectivity index (χ2v) is 7.21. The molecule has 4 rings (SSSR count). The number of fused-ring (bicyclic) bond motifs is 1. The van der Waals surface area contributed by atoms with E-state index in [-0.39, 0.29) is 11.0 Å². The van der Waals surface area contributed by atoms with Gasteiger partial charge in [0.25, 0.3) is 5.91 Å². The Kier molecular flexibility index (Phi) is 5.55. The van der Waals surface area contributed by atoms with Crippen molar-refractivity contribution in [3.05, 3.63) is 94.8 Å². The van der Waals surface area contributed by atoms with Crippen molar-refractivity contribution < 1.29 is 9.21 Å². The van der Waals surface area contributed by atoms with E-state index < -0.39 is 0 Å². The van der Waals surface area contributed by atoms with Crippen molar-refractivity contribution >= 4 is 51.6 Å². The number of halogens is 1. The Morgan fingerprint density at radius 2 is 1.83 bits per heavy atom. The smallest absolute Gasteiger partial charge is 0.257 e. The largest absolute Gasteiger partial charge is 0.440 e. The summed E-state index contributed by atoms with van der Waals surface area (Å²) in [6, 6.07) is 22.0. The summed E-state index contributed by atoms with van der Waals surface area (Å²) in [5.74, 6) is 0.341. The van der Waals surface area contributed by atoms with Crippen LogP contribution >= 0.6 is 23.8 Å². The van der Waals surface area contributed by atoms with E-state index in [1.807, 2.05) is 48.5 Å². The predicted molar refractivity (Wildman–Crippen MR) is 118 cm³/mol. The van der Waals surface area contributed by atoms with Crippen molar-refractivity contribution in [3.63, 3.8) is 0 Å². The molecule has 5 nitrogen and oxygen atoms in total. The molecule has 0 unspecified atom stereocenters. The molecule has 0 fully saturated rings. The second kappa shape index (κ2) is 8.43. The molecule has 3 aromatic carbocycles. The number of hydrogen-bond donors (Lipinski definition) is 2. The standard InChI is InChI=1S/C22H16ClN3O2S/c23-16-5-3-4-15(13-16)21(27)26-22(29)24-17-10-8-14(9-11-17)12-20-25-18-6-1-2-7-19(18)28-20/h1-11,13H,12H2,(H2,24,26,27,29). The summed E-state index contributed by atoms with van der Waals surface area (Å²) in [6.45, 7) is 0. The number of thiocarbonyl (C=S) groups is 1. The van der Waals surface area contributed by atoms with Crippen molar-refractivity contribution in [1.29, 1.82) is 0 Å². The molecule has 0 saturated carbocycles. The van der Waals surface area contributed by atoms with Crippen LogP contribution in [0.5, 0.6) is 0 Å². The average molecular weight is 422 g/mol. The first-order valence-corrected chi connectivity index (χ1v) is 9.67. The number of para-hydroxylation sites is 2. The van der Waals surface area contributed by atoms with Crippen LogP contribution in [0.15, 0.2) is 77.2 Å². The van der Waals surface area contributed by atoms with E-state index in [0.717, 1.165) is 22.4 Å². The highest BCUT2D eigenvalue weighted by molar-refractivity contribution is 7.80. The molecule has 1 amide bonds. The van der Waals surface area contributed by atoms with Crippen LogP contribution in [-0.4, -0.2) is 16.0 Å². The van der Waals surface area contributed by atoms with Gasteiger partial charge in [0.2, 0.25) is 0 Å². The number of anilines is 1. The van der Waals surface area contributed by atoms with Crippen molar-refractivity contribution in [2.45, 2.75) is 6.42 Å². The summed E-state index contributed by atoms with van der Waals surface area (Å²) in [5, 5.41) is 6.34. The lowest BCUT2D eigenvalue weighted by molar-refractivity contribution is 0.0977. The van der Waals surface area contributed by atoms with E-state index in [2.05, 4.69) is 15.6 Å². The number of carbonyl (C=O) groups excluding carboxylic acids is 1. The molecule has 0 aliphatic rings. The van der Waals surface area contributed by atoms with Gasteiger partial charge in [-0.3, -0.25) is 10.1 Å². The number of aromatic nitrogens is 1. The number of carbonyl (C=O) groups is 1. The van der Waals surface area contributed by atoms with E-state index in [0.29, 0.717) is 22.9 Å². The van der Waals surface area contributed by atoms with Crippen LogP contribution in [0.1, 0.15) is 21.8 Å². The van der Waals surface area contributed by atoms with Gasteiger partial charge in [-0.25, -0.2) is 4.98 Å². The molecule has 29 heavy (non-hydrogen) atoms. The van der Waals surface area contributed by atoms with Gasteiger partial charge in [-0.2, -0.15) is 0 Å². The molecule has 0 aliphatic heterocycles. The Bertz CT molecular complexity index is 1160. The first-order chi connectivity index (χ1) is 14.1. The van der Waals surface area contributed by atoms with E-state index in [9.17, 15) is 4.79 Å². The van der Waals surface area contributed by atoms with Crippen LogP contribution in [-0.2, 0) is 6.42 Å². The molecule has 1 heterocycles. The van der Waals surface area contributed by atoms with Crippen LogP contribution < -0.4 is 10.6 Å². The molecule has 0 aliphatic carbocycles. The van der Waals surface area contributed by atoms with Crippen LogP contribution in [0, 0.1) is 0 Å². The maximum absolute atomic E-state index is 12.2. The molecule has 0 bridgehead atoms. The fraction of sp³-hybridized carbons (Fsp3) is 0.0455. The Hall–Kier alpha value is -3.22. The van der Waals surface area contributed by atoms with Crippen molar-refractivity contribution in [1.82, 2.24) is 10.3 Å². The van der Waals surface area contributed by atoms with E-state index >= 15 is 0 Å². The predicted octanol–water partition coefficient (Wildman–Crippen LogP) is 5.20. The fourth-order valence-corrected chi connectivity index (χ4v) is 3.24. The Morgan fingerprint density at radius 3 is 2.59 bits per heavy atom. The monoisotopic (exact) mass is 421 g/mol. The van der Waals surface area contributed by atoms with Crippen LogP contribution in [0.25, 0.3) is 11.1 Å². The van der Waals surface area contributed by atoms with Gasteiger partial charge in [0.05, 0.1) is 0 Å². The number of rotatable bonds is 4. The van der Waals surface area contributed by atoms with Crippen molar-refractivity contribution in [2.75, 3.05) is 5.32 Å². The van der Waals surface area contributed by atoms with E-state index in [4.69, 9.17) is 28.2 Å². The SMILES string of the molecule is O=C(NC(=S)Nc1ccc(Cc2nc3ccccc3o2)cc1)c1cccc(Cl)c1. The highest BCUT2D eigenvalue weighted by Crippen LogP contribution is 2.18. The molecule has 144 valence electrons. The minimum Gasteiger partial charge on any atom is -0.440 e. The summed E-state index contributed by atoms with van der Waals surface area (Å²) in [6.07, 6.45) is 0.588. The third-order valence-corrected chi connectivity index (χ3v) is 4.66. The fourth-order valence-electron chi connectivity index (χ4n) is 2.84.